The molecule has 1 rings (SSSR count). The highest BCUT2D eigenvalue weighted by Gasteiger charge is 2.14. The number of benzene rings is 1. The van der Waals surface area contributed by atoms with Gasteiger partial charge in [-0.15, -0.1) is 0 Å². The van der Waals surface area contributed by atoms with Gasteiger partial charge in [0.1, 0.15) is 5.82 Å². The molecule has 0 spiro atoms. The van der Waals surface area contributed by atoms with E-state index in [9.17, 15) is 14.3 Å². The first-order chi connectivity index (χ1) is 8.06. The molecule has 0 bridgehead atoms. The van der Waals surface area contributed by atoms with E-state index in [2.05, 4.69) is 5.32 Å². The maximum absolute atomic E-state index is 13.1. The lowest BCUT2D eigenvalue weighted by molar-refractivity contribution is 0.0910. The van der Waals surface area contributed by atoms with Crippen LogP contribution < -0.4 is 5.32 Å². The van der Waals surface area contributed by atoms with Crippen molar-refractivity contribution in [2.75, 3.05) is 6.54 Å². The van der Waals surface area contributed by atoms with Crippen molar-refractivity contribution in [1.82, 2.24) is 5.32 Å². The summed E-state index contributed by atoms with van der Waals surface area (Å²) in [5, 5.41) is 11.8. The highest BCUT2D eigenvalue weighted by atomic mass is 35.5. The average Bonchev–Trinajstić information content (AvgIpc) is 2.30. The van der Waals surface area contributed by atoms with Gasteiger partial charge in [-0.05, 0) is 18.6 Å². The Kier molecular flexibility index (Phi) is 5.38. The van der Waals surface area contributed by atoms with Gasteiger partial charge in [0, 0.05) is 6.54 Å². The maximum Gasteiger partial charge on any atom is 0.252 e. The smallest absolute Gasteiger partial charge is 0.252 e. The van der Waals surface area contributed by atoms with Gasteiger partial charge in [0.15, 0.2) is 0 Å². The summed E-state index contributed by atoms with van der Waals surface area (Å²) in [6.45, 7) is 2.08. The van der Waals surface area contributed by atoms with E-state index in [1.54, 1.807) is 0 Å². The Hall–Kier alpha value is -1.13. The van der Waals surface area contributed by atoms with Crippen LogP contribution in [-0.4, -0.2) is 23.7 Å². The third kappa shape index (κ3) is 3.98. The van der Waals surface area contributed by atoms with Gasteiger partial charge < -0.3 is 10.4 Å². The van der Waals surface area contributed by atoms with E-state index >= 15 is 0 Å². The fraction of sp³-hybridized carbons (Fsp3) is 0.417. The number of nitrogens with one attached hydrogen (secondary N) is 1. The average molecular weight is 260 g/mol. The van der Waals surface area contributed by atoms with Crippen molar-refractivity contribution in [1.29, 1.82) is 0 Å². The van der Waals surface area contributed by atoms with Crippen molar-refractivity contribution in [3.05, 3.63) is 34.6 Å². The van der Waals surface area contributed by atoms with Crippen molar-refractivity contribution < 1.29 is 14.3 Å². The second-order valence-electron chi connectivity index (χ2n) is 3.75. The Morgan fingerprint density at radius 1 is 1.59 bits per heavy atom. The molecule has 1 aromatic carbocycles. The van der Waals surface area contributed by atoms with Crippen LogP contribution in [0.15, 0.2) is 18.2 Å². The van der Waals surface area contributed by atoms with E-state index < -0.39 is 17.8 Å². The minimum Gasteiger partial charge on any atom is -0.391 e. The molecule has 1 aromatic rings. The normalized spacial score (nSPS) is 12.2. The number of aliphatic hydroxyl groups is 1. The summed E-state index contributed by atoms with van der Waals surface area (Å²) in [6, 6.07) is 4.04. The zero-order chi connectivity index (χ0) is 12.8. The summed E-state index contributed by atoms with van der Waals surface area (Å²) < 4.78 is 13.1. The van der Waals surface area contributed by atoms with Crippen molar-refractivity contribution >= 4 is 17.5 Å². The number of carbonyl (C=O) groups excluding carboxylic acids is 1. The predicted molar refractivity (Wildman–Crippen MR) is 64.7 cm³/mol. The molecule has 0 aliphatic carbocycles. The van der Waals surface area contributed by atoms with E-state index in [-0.39, 0.29) is 17.1 Å². The fourth-order valence-corrected chi connectivity index (χ4v) is 1.63. The molecule has 0 saturated heterocycles. The van der Waals surface area contributed by atoms with Crippen molar-refractivity contribution in [2.45, 2.75) is 25.9 Å². The van der Waals surface area contributed by atoms with E-state index in [4.69, 9.17) is 11.6 Å². The third-order valence-corrected chi connectivity index (χ3v) is 2.70. The van der Waals surface area contributed by atoms with Crippen LogP contribution in [0.3, 0.4) is 0 Å². The Labute approximate surface area is 105 Å². The van der Waals surface area contributed by atoms with Crippen LogP contribution in [-0.2, 0) is 0 Å². The van der Waals surface area contributed by atoms with Gasteiger partial charge in [-0.1, -0.05) is 31.0 Å². The highest BCUT2D eigenvalue weighted by Crippen LogP contribution is 2.19. The lowest BCUT2D eigenvalue weighted by Gasteiger charge is -2.11. The van der Waals surface area contributed by atoms with Crippen molar-refractivity contribution in [2.24, 2.45) is 0 Å². The van der Waals surface area contributed by atoms with Crippen LogP contribution in [0.4, 0.5) is 4.39 Å². The minimum atomic E-state index is -0.631. The fourth-order valence-electron chi connectivity index (χ4n) is 1.42. The van der Waals surface area contributed by atoms with Crippen molar-refractivity contribution in [3.63, 3.8) is 0 Å². The van der Waals surface area contributed by atoms with Crippen LogP contribution in [0.5, 0.6) is 0 Å². The molecule has 1 unspecified atom stereocenters. The molecule has 17 heavy (non-hydrogen) atoms. The molecular weight excluding hydrogens is 245 g/mol. The molecule has 0 heterocycles. The molecule has 0 saturated carbocycles. The minimum absolute atomic E-state index is 0.0790. The summed E-state index contributed by atoms with van der Waals surface area (Å²) in [5.41, 5.74) is 0.0790. The summed E-state index contributed by atoms with van der Waals surface area (Å²) in [7, 11) is 0. The molecule has 2 N–H and O–H groups in total. The van der Waals surface area contributed by atoms with Gasteiger partial charge in [-0.3, -0.25) is 4.79 Å². The standard InChI is InChI=1S/C12H15ClFNO2/c1-2-4-8(16)7-15-12(17)9-5-3-6-10(14)11(9)13/h3,5-6,8,16H,2,4,7H2,1H3,(H,15,17). The SMILES string of the molecule is CCCC(O)CNC(=O)c1cccc(F)c1Cl. The Balaban J connectivity index is 2.61. The molecule has 5 heteroatoms. The van der Waals surface area contributed by atoms with Gasteiger partial charge >= 0.3 is 0 Å². The van der Waals surface area contributed by atoms with E-state index in [0.717, 1.165) is 6.42 Å². The van der Waals surface area contributed by atoms with Crippen LogP contribution in [0.2, 0.25) is 5.02 Å². The summed E-state index contributed by atoms with van der Waals surface area (Å²) in [6.07, 6.45) is 0.853. The number of carbonyl (C=O) groups is 1. The molecule has 0 aromatic heterocycles. The van der Waals surface area contributed by atoms with Crippen LogP contribution in [0, 0.1) is 5.82 Å². The van der Waals surface area contributed by atoms with Crippen molar-refractivity contribution in [3.8, 4) is 0 Å². The number of hydrogen-bond acceptors (Lipinski definition) is 2. The monoisotopic (exact) mass is 259 g/mol. The summed E-state index contributed by atoms with van der Waals surface area (Å²) in [4.78, 5) is 11.7. The summed E-state index contributed by atoms with van der Waals surface area (Å²) in [5.74, 6) is -1.11. The number of halogens is 2. The van der Waals surface area contributed by atoms with Gasteiger partial charge in [0.25, 0.3) is 5.91 Å². The first-order valence-corrected chi connectivity index (χ1v) is 5.84. The predicted octanol–water partition coefficient (Wildman–Crippen LogP) is 2.37. The zero-order valence-corrected chi connectivity index (χ0v) is 10.3. The van der Waals surface area contributed by atoms with Gasteiger partial charge in [0.05, 0.1) is 16.7 Å². The van der Waals surface area contributed by atoms with Gasteiger partial charge in [-0.25, -0.2) is 4.39 Å². The molecule has 0 aliphatic heterocycles. The molecular formula is C12H15ClFNO2. The number of amides is 1. The van der Waals surface area contributed by atoms with Gasteiger partial charge in [0.2, 0.25) is 0 Å². The van der Waals surface area contributed by atoms with E-state index in [0.29, 0.717) is 6.42 Å². The largest absolute Gasteiger partial charge is 0.391 e. The molecule has 0 radical (unpaired) electrons. The second kappa shape index (κ2) is 6.57. The van der Waals surface area contributed by atoms with Crippen LogP contribution in [0.25, 0.3) is 0 Å². The van der Waals surface area contributed by atoms with E-state index in [1.807, 2.05) is 6.92 Å². The topological polar surface area (TPSA) is 49.3 Å². The Morgan fingerprint density at radius 3 is 2.94 bits per heavy atom. The molecule has 1 atom stereocenters. The second-order valence-corrected chi connectivity index (χ2v) is 4.13. The molecule has 1 amide bonds. The van der Waals surface area contributed by atoms with Gasteiger partial charge in [-0.2, -0.15) is 0 Å². The lowest BCUT2D eigenvalue weighted by Crippen LogP contribution is -2.32. The quantitative estimate of drug-likeness (QED) is 0.853. The highest BCUT2D eigenvalue weighted by molar-refractivity contribution is 6.34. The zero-order valence-electron chi connectivity index (χ0n) is 9.54. The Morgan fingerprint density at radius 2 is 2.29 bits per heavy atom. The molecule has 3 nitrogen and oxygen atoms in total. The Bertz CT molecular complexity index is 398. The number of aliphatic hydroxyl groups excluding tert-OH is 1. The maximum atomic E-state index is 13.1. The summed E-state index contributed by atoms with van der Waals surface area (Å²) >= 11 is 5.67. The first kappa shape index (κ1) is 13.9. The molecule has 0 aliphatic rings. The number of hydrogen-bond donors (Lipinski definition) is 2. The van der Waals surface area contributed by atoms with E-state index in [1.165, 1.54) is 18.2 Å². The van der Waals surface area contributed by atoms with Crippen LogP contribution >= 0.6 is 11.6 Å². The molecule has 94 valence electrons. The number of rotatable bonds is 5. The van der Waals surface area contributed by atoms with Crippen LogP contribution in [0.1, 0.15) is 30.1 Å². The first-order valence-electron chi connectivity index (χ1n) is 5.46. The third-order valence-electron chi connectivity index (χ3n) is 2.32. The lowest BCUT2D eigenvalue weighted by atomic mass is 10.2. The molecule has 0 fully saturated rings.